The Morgan fingerprint density at radius 1 is 1.57 bits per heavy atom. The third kappa shape index (κ3) is 4.84. The molecule has 0 aliphatic heterocycles. The maximum absolute atomic E-state index is 12.1. The number of nitrogens with zero attached hydrogens (tertiary/aromatic N) is 4. The number of imidazole rings is 1. The fourth-order valence-electron chi connectivity index (χ4n) is 1.64. The van der Waals surface area contributed by atoms with Crippen molar-refractivity contribution in [3.8, 4) is 0 Å². The number of aromatic nitrogens is 2. The zero-order valence-electron chi connectivity index (χ0n) is 11.7. The molecule has 0 saturated carbocycles. The molecule has 21 heavy (non-hydrogen) atoms. The van der Waals surface area contributed by atoms with E-state index in [-0.39, 0.29) is 25.5 Å². The summed E-state index contributed by atoms with van der Waals surface area (Å²) in [5.41, 5.74) is 0. The molecule has 1 aromatic rings. The van der Waals surface area contributed by atoms with Crippen molar-refractivity contribution in [2.45, 2.75) is 13.5 Å². The summed E-state index contributed by atoms with van der Waals surface area (Å²) in [6, 6.07) is 0. The van der Waals surface area contributed by atoms with Gasteiger partial charge in [-0.3, -0.25) is 14.2 Å². The van der Waals surface area contributed by atoms with Crippen LogP contribution in [0.15, 0.2) is 6.20 Å². The van der Waals surface area contributed by atoms with E-state index in [2.05, 4.69) is 4.98 Å². The van der Waals surface area contributed by atoms with Gasteiger partial charge in [-0.15, -0.1) is 0 Å². The van der Waals surface area contributed by atoms with Crippen molar-refractivity contribution in [1.82, 2.24) is 14.5 Å². The van der Waals surface area contributed by atoms with Gasteiger partial charge >= 0.3 is 11.8 Å². The topological polar surface area (TPSA) is 128 Å². The normalized spacial score (nSPS) is 10.4. The minimum Gasteiger partial charge on any atom is -0.480 e. The van der Waals surface area contributed by atoms with Crippen molar-refractivity contribution in [1.29, 1.82) is 0 Å². The molecule has 0 bridgehead atoms. The van der Waals surface area contributed by atoms with E-state index in [1.54, 1.807) is 0 Å². The molecule has 0 radical (unpaired) electrons. The number of hydrogen-bond acceptors (Lipinski definition) is 6. The predicted octanol–water partition coefficient (Wildman–Crippen LogP) is -0.341. The van der Waals surface area contributed by atoms with Gasteiger partial charge in [-0.05, 0) is 9.91 Å². The standard InChI is InChI=1S/C11H16N4O6/c1-8-12-9(15(19)20)5-14(8)6-10(16)13(3-4-21-2)7-11(17)18/h5H,3-4,6-7H2,1-2H3,(H,17,18). The van der Waals surface area contributed by atoms with Gasteiger partial charge in [0.2, 0.25) is 11.7 Å². The zero-order valence-corrected chi connectivity index (χ0v) is 11.7. The Morgan fingerprint density at radius 2 is 2.24 bits per heavy atom. The van der Waals surface area contributed by atoms with Crippen molar-refractivity contribution in [3.05, 3.63) is 22.1 Å². The Hall–Kier alpha value is -2.49. The Bertz CT molecular complexity index is 541. The lowest BCUT2D eigenvalue weighted by Gasteiger charge is -2.20. The van der Waals surface area contributed by atoms with Crippen molar-refractivity contribution in [3.63, 3.8) is 0 Å². The van der Waals surface area contributed by atoms with E-state index in [4.69, 9.17) is 9.84 Å². The quantitative estimate of drug-likeness (QED) is 0.513. The molecule has 0 fully saturated rings. The number of hydrogen-bond donors (Lipinski definition) is 1. The Balaban J connectivity index is 2.80. The molecule has 0 saturated heterocycles. The number of carbonyl (C=O) groups excluding carboxylic acids is 1. The Morgan fingerprint density at radius 3 is 2.71 bits per heavy atom. The SMILES string of the molecule is COCCN(CC(=O)O)C(=O)Cn1cc([N+](=O)[O-])nc1C. The molecule has 0 aliphatic carbocycles. The van der Waals surface area contributed by atoms with Crippen LogP contribution in [0.4, 0.5) is 5.82 Å². The fourth-order valence-corrected chi connectivity index (χ4v) is 1.64. The van der Waals surface area contributed by atoms with E-state index in [9.17, 15) is 19.7 Å². The number of rotatable bonds is 8. The summed E-state index contributed by atoms with van der Waals surface area (Å²) in [4.78, 5) is 37.6. The monoisotopic (exact) mass is 300 g/mol. The molecule has 0 aromatic carbocycles. The van der Waals surface area contributed by atoms with E-state index in [1.165, 1.54) is 18.6 Å². The van der Waals surface area contributed by atoms with Crippen LogP contribution in [-0.4, -0.2) is 63.2 Å². The summed E-state index contributed by atoms with van der Waals surface area (Å²) in [6.45, 7) is 1.16. The number of methoxy groups -OCH3 is 1. The molecule has 116 valence electrons. The van der Waals surface area contributed by atoms with Crippen LogP contribution in [0.5, 0.6) is 0 Å². The number of amides is 1. The summed E-state index contributed by atoms with van der Waals surface area (Å²) >= 11 is 0. The van der Waals surface area contributed by atoms with Crippen molar-refractivity contribution >= 4 is 17.7 Å². The molecule has 1 rings (SSSR count). The van der Waals surface area contributed by atoms with Crippen LogP contribution in [-0.2, 0) is 20.9 Å². The molecule has 0 atom stereocenters. The average Bonchev–Trinajstić information content (AvgIpc) is 2.75. The van der Waals surface area contributed by atoms with Gasteiger partial charge in [0.1, 0.15) is 19.3 Å². The Kier molecular flexibility index (Phi) is 5.79. The highest BCUT2D eigenvalue weighted by molar-refractivity contribution is 5.81. The first-order chi connectivity index (χ1) is 9.85. The van der Waals surface area contributed by atoms with Crippen LogP contribution in [0.3, 0.4) is 0 Å². The molecule has 1 amide bonds. The van der Waals surface area contributed by atoms with E-state index < -0.39 is 23.3 Å². The smallest absolute Gasteiger partial charge is 0.381 e. The highest BCUT2D eigenvalue weighted by Gasteiger charge is 2.21. The van der Waals surface area contributed by atoms with Gasteiger partial charge in [0, 0.05) is 20.6 Å². The first kappa shape index (κ1) is 16.6. The maximum atomic E-state index is 12.1. The van der Waals surface area contributed by atoms with Gasteiger partial charge in [0.05, 0.1) is 6.61 Å². The fraction of sp³-hybridized carbons (Fsp3) is 0.545. The minimum atomic E-state index is -1.15. The van der Waals surface area contributed by atoms with Gasteiger partial charge in [0.15, 0.2) is 0 Å². The number of carboxylic acid groups (broad SMARTS) is 1. The third-order valence-electron chi connectivity index (χ3n) is 2.70. The molecular formula is C11H16N4O6. The first-order valence-corrected chi connectivity index (χ1v) is 6.01. The van der Waals surface area contributed by atoms with Crippen LogP contribution in [0.25, 0.3) is 0 Å². The maximum Gasteiger partial charge on any atom is 0.381 e. The molecule has 0 aliphatic rings. The number of nitro groups is 1. The molecule has 1 N–H and O–H groups in total. The van der Waals surface area contributed by atoms with Gasteiger partial charge < -0.3 is 24.9 Å². The number of carboxylic acids is 1. The highest BCUT2D eigenvalue weighted by Crippen LogP contribution is 2.10. The van der Waals surface area contributed by atoms with Gasteiger partial charge in [-0.2, -0.15) is 0 Å². The molecular weight excluding hydrogens is 284 g/mol. The summed E-state index contributed by atoms with van der Waals surface area (Å²) in [5, 5.41) is 19.4. The zero-order chi connectivity index (χ0) is 16.0. The molecule has 1 heterocycles. The number of carbonyl (C=O) groups is 2. The van der Waals surface area contributed by atoms with Gasteiger partial charge in [0.25, 0.3) is 0 Å². The summed E-state index contributed by atoms with van der Waals surface area (Å²) in [5.74, 6) is -1.68. The minimum absolute atomic E-state index is 0.122. The lowest BCUT2D eigenvalue weighted by atomic mass is 10.4. The second-order valence-electron chi connectivity index (χ2n) is 4.23. The van der Waals surface area contributed by atoms with Crippen molar-refractivity contribution < 1.29 is 24.4 Å². The first-order valence-electron chi connectivity index (χ1n) is 6.01. The van der Waals surface area contributed by atoms with Crippen LogP contribution in [0.2, 0.25) is 0 Å². The van der Waals surface area contributed by atoms with Crippen LogP contribution in [0, 0.1) is 17.0 Å². The molecule has 1 aromatic heterocycles. The lowest BCUT2D eigenvalue weighted by Crippen LogP contribution is -2.39. The number of aryl methyl sites for hydroxylation is 1. The van der Waals surface area contributed by atoms with Gasteiger partial charge in [-0.25, -0.2) is 0 Å². The number of ether oxygens (including phenoxy) is 1. The van der Waals surface area contributed by atoms with E-state index >= 15 is 0 Å². The summed E-state index contributed by atoms with van der Waals surface area (Å²) in [7, 11) is 1.44. The highest BCUT2D eigenvalue weighted by atomic mass is 16.6. The van der Waals surface area contributed by atoms with E-state index in [1.807, 2.05) is 0 Å². The Labute approximate surface area is 120 Å². The second kappa shape index (κ2) is 7.33. The van der Waals surface area contributed by atoms with Crippen LogP contribution < -0.4 is 0 Å². The van der Waals surface area contributed by atoms with Crippen molar-refractivity contribution in [2.24, 2.45) is 0 Å². The van der Waals surface area contributed by atoms with Crippen LogP contribution >= 0.6 is 0 Å². The second-order valence-corrected chi connectivity index (χ2v) is 4.23. The van der Waals surface area contributed by atoms with E-state index in [0.29, 0.717) is 5.82 Å². The molecule has 0 spiro atoms. The molecule has 0 unspecified atom stereocenters. The molecule has 10 heteroatoms. The largest absolute Gasteiger partial charge is 0.480 e. The van der Waals surface area contributed by atoms with E-state index in [0.717, 1.165) is 11.1 Å². The van der Waals surface area contributed by atoms with Crippen LogP contribution in [0.1, 0.15) is 5.82 Å². The lowest BCUT2D eigenvalue weighted by molar-refractivity contribution is -0.389. The van der Waals surface area contributed by atoms with Gasteiger partial charge in [-0.1, -0.05) is 0 Å². The summed E-state index contributed by atoms with van der Waals surface area (Å²) in [6.07, 6.45) is 1.14. The summed E-state index contributed by atoms with van der Waals surface area (Å²) < 4.78 is 6.13. The third-order valence-corrected chi connectivity index (χ3v) is 2.70. The predicted molar refractivity (Wildman–Crippen MR) is 69.7 cm³/mol. The van der Waals surface area contributed by atoms with Crippen molar-refractivity contribution in [2.75, 3.05) is 26.8 Å². The molecule has 10 nitrogen and oxygen atoms in total. The number of aliphatic carboxylic acids is 1. The average molecular weight is 300 g/mol.